The van der Waals surface area contributed by atoms with E-state index >= 15 is 0 Å². The SMILES string of the molecule is [N-]=[N+]=NCCOc1cccc(C(=O)NN)c1. The number of nitrogens with one attached hydrogen (secondary N) is 1. The molecule has 1 amide bonds. The van der Waals surface area contributed by atoms with E-state index in [1.807, 2.05) is 5.43 Å². The van der Waals surface area contributed by atoms with E-state index in [0.717, 1.165) is 0 Å². The molecular formula is C9H11N5O2. The zero-order valence-corrected chi connectivity index (χ0v) is 8.46. The molecule has 0 atom stereocenters. The van der Waals surface area contributed by atoms with Gasteiger partial charge < -0.3 is 4.74 Å². The lowest BCUT2D eigenvalue weighted by Crippen LogP contribution is -2.29. The second-order valence-corrected chi connectivity index (χ2v) is 2.80. The summed E-state index contributed by atoms with van der Waals surface area (Å²) >= 11 is 0. The van der Waals surface area contributed by atoms with Gasteiger partial charge in [-0.1, -0.05) is 11.2 Å². The molecule has 16 heavy (non-hydrogen) atoms. The predicted molar refractivity (Wildman–Crippen MR) is 57.6 cm³/mol. The van der Waals surface area contributed by atoms with Gasteiger partial charge in [-0.2, -0.15) is 0 Å². The lowest BCUT2D eigenvalue weighted by atomic mass is 10.2. The minimum atomic E-state index is -0.388. The monoisotopic (exact) mass is 221 g/mol. The first-order valence-corrected chi connectivity index (χ1v) is 4.52. The third kappa shape index (κ3) is 3.49. The van der Waals surface area contributed by atoms with E-state index in [1.165, 1.54) is 0 Å². The van der Waals surface area contributed by atoms with Crippen LogP contribution in [0.15, 0.2) is 29.4 Å². The minimum Gasteiger partial charge on any atom is -0.493 e. The van der Waals surface area contributed by atoms with Gasteiger partial charge in [-0.15, -0.1) is 0 Å². The summed E-state index contributed by atoms with van der Waals surface area (Å²) in [5.41, 5.74) is 10.5. The molecule has 0 spiro atoms. The van der Waals surface area contributed by atoms with Crippen LogP contribution in [0.4, 0.5) is 0 Å². The standard InChI is InChI=1S/C9H11N5O2/c10-13-9(15)7-2-1-3-8(6-7)16-5-4-12-14-11/h1-3,6H,4-5,10H2,(H,13,15). The van der Waals surface area contributed by atoms with Crippen molar-refractivity contribution in [1.82, 2.24) is 5.43 Å². The molecule has 0 heterocycles. The Morgan fingerprint density at radius 1 is 1.62 bits per heavy atom. The van der Waals surface area contributed by atoms with Gasteiger partial charge in [0.25, 0.3) is 5.91 Å². The van der Waals surface area contributed by atoms with Gasteiger partial charge in [0.1, 0.15) is 5.75 Å². The molecule has 0 aliphatic rings. The summed E-state index contributed by atoms with van der Waals surface area (Å²) in [6.07, 6.45) is 0. The highest BCUT2D eigenvalue weighted by Gasteiger charge is 2.03. The summed E-state index contributed by atoms with van der Waals surface area (Å²) in [4.78, 5) is 13.8. The predicted octanol–water partition coefficient (Wildman–Crippen LogP) is 0.979. The van der Waals surface area contributed by atoms with Crippen LogP contribution >= 0.6 is 0 Å². The first-order valence-electron chi connectivity index (χ1n) is 4.52. The van der Waals surface area contributed by atoms with Gasteiger partial charge in [-0.05, 0) is 23.7 Å². The van der Waals surface area contributed by atoms with E-state index in [1.54, 1.807) is 24.3 Å². The van der Waals surface area contributed by atoms with Crippen LogP contribution < -0.4 is 16.0 Å². The largest absolute Gasteiger partial charge is 0.493 e. The molecule has 0 aromatic heterocycles. The number of hydrazine groups is 1. The molecule has 0 saturated heterocycles. The van der Waals surface area contributed by atoms with Crippen molar-refractivity contribution in [3.8, 4) is 5.75 Å². The molecule has 1 rings (SSSR count). The van der Waals surface area contributed by atoms with Gasteiger partial charge in [0.15, 0.2) is 0 Å². The fourth-order valence-electron chi connectivity index (χ4n) is 1.06. The molecule has 0 unspecified atom stereocenters. The third-order valence-electron chi connectivity index (χ3n) is 1.75. The molecule has 1 aromatic carbocycles. The van der Waals surface area contributed by atoms with E-state index in [2.05, 4.69) is 10.0 Å². The lowest BCUT2D eigenvalue weighted by molar-refractivity contribution is 0.0953. The summed E-state index contributed by atoms with van der Waals surface area (Å²) in [6.45, 7) is 0.502. The molecule has 7 heteroatoms. The Morgan fingerprint density at radius 3 is 3.12 bits per heavy atom. The van der Waals surface area contributed by atoms with Gasteiger partial charge in [0.2, 0.25) is 0 Å². The summed E-state index contributed by atoms with van der Waals surface area (Å²) < 4.78 is 5.26. The zero-order valence-electron chi connectivity index (χ0n) is 8.46. The van der Waals surface area contributed by atoms with E-state index in [9.17, 15) is 4.79 Å². The van der Waals surface area contributed by atoms with Crippen LogP contribution in [0.3, 0.4) is 0 Å². The fraction of sp³-hybridized carbons (Fsp3) is 0.222. The van der Waals surface area contributed by atoms with Crippen LogP contribution in [0.25, 0.3) is 10.4 Å². The van der Waals surface area contributed by atoms with E-state index in [4.69, 9.17) is 16.1 Å². The average molecular weight is 221 g/mol. The number of rotatable bonds is 5. The number of carbonyl (C=O) groups is 1. The number of azide groups is 1. The smallest absolute Gasteiger partial charge is 0.265 e. The molecule has 7 nitrogen and oxygen atoms in total. The molecule has 0 fully saturated rings. The van der Waals surface area contributed by atoms with Crippen LogP contribution in [0.5, 0.6) is 5.75 Å². The van der Waals surface area contributed by atoms with Crippen LogP contribution in [-0.2, 0) is 0 Å². The first-order chi connectivity index (χ1) is 7.77. The molecule has 0 aliphatic heterocycles. The Kier molecular flexibility index (Phi) is 4.65. The number of benzene rings is 1. The van der Waals surface area contributed by atoms with Crippen molar-refractivity contribution in [1.29, 1.82) is 0 Å². The van der Waals surface area contributed by atoms with Crippen LogP contribution in [0.2, 0.25) is 0 Å². The van der Waals surface area contributed by atoms with Crippen molar-refractivity contribution < 1.29 is 9.53 Å². The number of nitrogen functional groups attached to an aromatic ring is 1. The maximum absolute atomic E-state index is 11.2. The quantitative estimate of drug-likeness (QED) is 0.147. The average Bonchev–Trinajstić information content (AvgIpc) is 2.34. The number of nitrogens with two attached hydrogens (primary N) is 1. The highest BCUT2D eigenvalue weighted by Crippen LogP contribution is 2.12. The fourth-order valence-corrected chi connectivity index (χ4v) is 1.06. The first kappa shape index (κ1) is 11.8. The maximum atomic E-state index is 11.2. The van der Waals surface area contributed by atoms with Crippen molar-refractivity contribution in [2.24, 2.45) is 11.0 Å². The Bertz CT molecular complexity index is 414. The van der Waals surface area contributed by atoms with Gasteiger partial charge in [0, 0.05) is 10.5 Å². The molecule has 0 bridgehead atoms. The zero-order chi connectivity index (χ0) is 11.8. The maximum Gasteiger partial charge on any atom is 0.265 e. The summed E-state index contributed by atoms with van der Waals surface area (Å²) in [6, 6.07) is 6.54. The second kappa shape index (κ2) is 6.28. The molecule has 0 aliphatic carbocycles. The molecule has 0 radical (unpaired) electrons. The summed E-state index contributed by atoms with van der Waals surface area (Å²) in [5, 5.41) is 3.32. The Labute approximate surface area is 91.8 Å². The normalized spacial score (nSPS) is 9.06. The number of hydrogen-bond acceptors (Lipinski definition) is 4. The van der Waals surface area contributed by atoms with E-state index in [-0.39, 0.29) is 19.1 Å². The summed E-state index contributed by atoms with van der Waals surface area (Å²) in [7, 11) is 0. The van der Waals surface area contributed by atoms with Gasteiger partial charge >= 0.3 is 0 Å². The van der Waals surface area contributed by atoms with Crippen molar-refractivity contribution in [3.05, 3.63) is 40.3 Å². The number of nitrogens with zero attached hydrogens (tertiary/aromatic N) is 3. The van der Waals surface area contributed by atoms with Gasteiger partial charge in [-0.25, -0.2) is 5.84 Å². The molecular weight excluding hydrogens is 210 g/mol. The highest BCUT2D eigenvalue weighted by atomic mass is 16.5. The second-order valence-electron chi connectivity index (χ2n) is 2.80. The van der Waals surface area contributed by atoms with Gasteiger partial charge in [0.05, 0.1) is 13.2 Å². The van der Waals surface area contributed by atoms with Crippen LogP contribution in [0, 0.1) is 0 Å². The molecule has 3 N–H and O–H groups in total. The van der Waals surface area contributed by atoms with Crippen LogP contribution in [0.1, 0.15) is 10.4 Å². The Balaban J connectivity index is 2.60. The van der Waals surface area contributed by atoms with Crippen LogP contribution in [-0.4, -0.2) is 19.1 Å². The minimum absolute atomic E-state index is 0.240. The number of amides is 1. The Morgan fingerprint density at radius 2 is 2.44 bits per heavy atom. The third-order valence-corrected chi connectivity index (χ3v) is 1.75. The number of carbonyl (C=O) groups excluding carboxylic acids is 1. The highest BCUT2D eigenvalue weighted by molar-refractivity contribution is 5.94. The van der Waals surface area contributed by atoms with Gasteiger partial charge in [-0.3, -0.25) is 10.2 Å². The van der Waals surface area contributed by atoms with E-state index < -0.39 is 0 Å². The summed E-state index contributed by atoms with van der Waals surface area (Å²) in [5.74, 6) is 5.13. The van der Waals surface area contributed by atoms with Crippen molar-refractivity contribution in [2.75, 3.05) is 13.2 Å². The molecule has 1 aromatic rings. The molecule has 84 valence electrons. The van der Waals surface area contributed by atoms with Crippen molar-refractivity contribution >= 4 is 5.91 Å². The lowest BCUT2D eigenvalue weighted by Gasteiger charge is -2.05. The number of hydrogen-bond donors (Lipinski definition) is 2. The van der Waals surface area contributed by atoms with Crippen molar-refractivity contribution in [3.63, 3.8) is 0 Å². The van der Waals surface area contributed by atoms with E-state index in [0.29, 0.717) is 11.3 Å². The topological polar surface area (TPSA) is 113 Å². The van der Waals surface area contributed by atoms with Crippen molar-refractivity contribution in [2.45, 2.75) is 0 Å². The molecule has 0 saturated carbocycles. The Hall–Kier alpha value is -2.24. The number of ether oxygens (including phenoxy) is 1.